The van der Waals surface area contributed by atoms with E-state index in [1.165, 1.54) is 0 Å². The molecule has 6 heteroatoms. The van der Waals surface area contributed by atoms with Gasteiger partial charge in [0.15, 0.2) is 0 Å². The van der Waals surface area contributed by atoms with Crippen molar-refractivity contribution in [3.8, 4) is 0 Å². The second-order valence-electron chi connectivity index (χ2n) is 2.40. The molecule has 0 aliphatic carbocycles. The Labute approximate surface area is 81.6 Å². The maximum atomic E-state index is 10.6. The third-order valence-electron chi connectivity index (χ3n) is 1.16. The lowest BCUT2D eigenvalue weighted by Gasteiger charge is -2.03. The second kappa shape index (κ2) is 3.95. The van der Waals surface area contributed by atoms with Crippen molar-refractivity contribution >= 4 is 27.4 Å². The zero-order chi connectivity index (χ0) is 9.90. The van der Waals surface area contributed by atoms with Crippen LogP contribution >= 0.6 is 11.6 Å². The molecule has 0 unspecified atom stereocenters. The highest BCUT2D eigenvalue weighted by atomic mass is 35.5. The van der Waals surface area contributed by atoms with Gasteiger partial charge in [-0.25, -0.2) is 5.48 Å². The summed E-state index contributed by atoms with van der Waals surface area (Å²) in [6, 6.07) is 6.45. The fraction of sp³-hybridized carbons (Fsp3) is 0.143. The lowest BCUT2D eigenvalue weighted by atomic mass is 10.3. The van der Waals surface area contributed by atoms with Crippen LogP contribution in [0, 0.1) is 0 Å². The van der Waals surface area contributed by atoms with Crippen molar-refractivity contribution in [1.82, 2.24) is 0 Å². The highest BCUT2D eigenvalue weighted by Gasteiger charge is 2.00. The first kappa shape index (κ1) is 10.3. The topological polar surface area (TPSA) is 55.4 Å². The summed E-state index contributed by atoms with van der Waals surface area (Å²) < 4.78 is 25.5. The van der Waals surface area contributed by atoms with Crippen LogP contribution in [0.5, 0.6) is 0 Å². The SMILES string of the molecule is CS(=O)(=O)ONc1ccc(Cl)cc1. The predicted molar refractivity (Wildman–Crippen MR) is 51.0 cm³/mol. The molecule has 0 bridgehead atoms. The summed E-state index contributed by atoms with van der Waals surface area (Å²) in [5.74, 6) is 0. The predicted octanol–water partition coefficient (Wildman–Crippen LogP) is 1.64. The summed E-state index contributed by atoms with van der Waals surface area (Å²) >= 11 is 5.61. The standard InChI is InChI=1S/C7H8ClNO3S/c1-13(10,11)12-9-7-4-2-6(8)3-5-7/h2-5,9H,1H3. The Morgan fingerprint density at radius 1 is 1.31 bits per heavy atom. The molecular weight excluding hydrogens is 214 g/mol. The van der Waals surface area contributed by atoms with E-state index in [-0.39, 0.29) is 0 Å². The molecule has 0 amide bonds. The molecule has 0 fully saturated rings. The van der Waals surface area contributed by atoms with Gasteiger partial charge in [-0.2, -0.15) is 12.7 Å². The van der Waals surface area contributed by atoms with Crippen molar-refractivity contribution in [2.75, 3.05) is 11.7 Å². The van der Waals surface area contributed by atoms with E-state index in [4.69, 9.17) is 11.6 Å². The summed E-state index contributed by atoms with van der Waals surface area (Å²) in [6.07, 6.45) is 0.954. The van der Waals surface area contributed by atoms with Gasteiger partial charge in [0.2, 0.25) is 0 Å². The van der Waals surface area contributed by atoms with Gasteiger partial charge in [0.25, 0.3) is 10.1 Å². The van der Waals surface area contributed by atoms with Crippen LogP contribution in [0.3, 0.4) is 0 Å². The van der Waals surface area contributed by atoms with Crippen molar-refractivity contribution in [1.29, 1.82) is 0 Å². The Balaban J connectivity index is 2.61. The van der Waals surface area contributed by atoms with E-state index < -0.39 is 10.1 Å². The average Bonchev–Trinajstić information content (AvgIpc) is 2.02. The molecule has 0 aliphatic rings. The Hall–Kier alpha value is -0.780. The van der Waals surface area contributed by atoms with Crippen LogP contribution in [-0.2, 0) is 14.4 Å². The molecule has 0 saturated heterocycles. The highest BCUT2D eigenvalue weighted by molar-refractivity contribution is 7.86. The minimum Gasteiger partial charge on any atom is -0.249 e. The van der Waals surface area contributed by atoms with Gasteiger partial charge in [-0.3, -0.25) is 0 Å². The monoisotopic (exact) mass is 221 g/mol. The summed E-state index contributed by atoms with van der Waals surface area (Å²) in [7, 11) is -3.48. The van der Waals surface area contributed by atoms with Gasteiger partial charge in [0, 0.05) is 5.02 Å². The van der Waals surface area contributed by atoms with Crippen molar-refractivity contribution < 1.29 is 12.7 Å². The molecule has 1 aromatic carbocycles. The van der Waals surface area contributed by atoms with E-state index in [1.807, 2.05) is 0 Å². The van der Waals surface area contributed by atoms with Crippen LogP contribution in [0.15, 0.2) is 24.3 Å². The molecule has 13 heavy (non-hydrogen) atoms. The van der Waals surface area contributed by atoms with Gasteiger partial charge in [-0.1, -0.05) is 11.6 Å². The number of hydrogen-bond acceptors (Lipinski definition) is 4. The molecule has 1 rings (SSSR count). The van der Waals surface area contributed by atoms with E-state index in [1.54, 1.807) is 24.3 Å². The number of benzene rings is 1. The number of rotatable bonds is 3. The fourth-order valence-electron chi connectivity index (χ4n) is 0.642. The Morgan fingerprint density at radius 2 is 1.85 bits per heavy atom. The van der Waals surface area contributed by atoms with Crippen molar-refractivity contribution in [2.45, 2.75) is 0 Å². The molecule has 0 atom stereocenters. The van der Waals surface area contributed by atoms with Gasteiger partial charge in [0.05, 0.1) is 11.9 Å². The summed E-state index contributed by atoms with van der Waals surface area (Å²) in [6.45, 7) is 0. The smallest absolute Gasteiger partial charge is 0.249 e. The van der Waals surface area contributed by atoms with Gasteiger partial charge in [-0.15, -0.1) is 0 Å². The third kappa shape index (κ3) is 4.12. The fourth-order valence-corrected chi connectivity index (χ4v) is 1.02. The van der Waals surface area contributed by atoms with Crippen molar-refractivity contribution in [2.24, 2.45) is 0 Å². The zero-order valence-corrected chi connectivity index (χ0v) is 8.39. The third-order valence-corrected chi connectivity index (χ3v) is 1.79. The number of hydrogen-bond donors (Lipinski definition) is 1. The molecule has 0 aliphatic heterocycles. The maximum Gasteiger partial charge on any atom is 0.284 e. The van der Waals surface area contributed by atoms with E-state index in [9.17, 15) is 8.42 Å². The van der Waals surface area contributed by atoms with E-state index in [0.29, 0.717) is 10.7 Å². The summed E-state index contributed by atoms with van der Waals surface area (Å²) in [5, 5.41) is 0.574. The number of nitrogens with one attached hydrogen (secondary N) is 1. The average molecular weight is 222 g/mol. The Bertz CT molecular complexity index is 373. The van der Waals surface area contributed by atoms with Gasteiger partial charge in [0.1, 0.15) is 0 Å². The van der Waals surface area contributed by atoms with Crippen molar-refractivity contribution in [3.63, 3.8) is 0 Å². The molecule has 1 aromatic rings. The molecule has 0 aromatic heterocycles. The first-order valence-electron chi connectivity index (χ1n) is 3.37. The van der Waals surface area contributed by atoms with Crippen LogP contribution in [0.2, 0.25) is 5.02 Å². The van der Waals surface area contributed by atoms with E-state index in [0.717, 1.165) is 6.26 Å². The summed E-state index contributed by atoms with van der Waals surface area (Å²) in [5.41, 5.74) is 2.79. The molecule has 0 heterocycles. The molecular formula is C7H8ClNO3S. The van der Waals surface area contributed by atoms with Crippen LogP contribution in [0.4, 0.5) is 5.69 Å². The Morgan fingerprint density at radius 3 is 2.31 bits per heavy atom. The first-order chi connectivity index (χ1) is 5.97. The molecule has 0 saturated carbocycles. The zero-order valence-electron chi connectivity index (χ0n) is 6.82. The maximum absolute atomic E-state index is 10.6. The van der Waals surface area contributed by atoms with E-state index >= 15 is 0 Å². The summed E-state index contributed by atoms with van der Waals surface area (Å²) in [4.78, 5) is 0. The molecule has 0 radical (unpaired) electrons. The van der Waals surface area contributed by atoms with Crippen molar-refractivity contribution in [3.05, 3.63) is 29.3 Å². The van der Waals surface area contributed by atoms with Crippen LogP contribution < -0.4 is 5.48 Å². The molecule has 0 spiro atoms. The normalized spacial score (nSPS) is 11.2. The van der Waals surface area contributed by atoms with Gasteiger partial charge in [-0.05, 0) is 24.3 Å². The van der Waals surface area contributed by atoms with Gasteiger partial charge >= 0.3 is 0 Å². The van der Waals surface area contributed by atoms with Crippen LogP contribution in [0.25, 0.3) is 0 Å². The Kier molecular flexibility index (Phi) is 3.13. The quantitative estimate of drug-likeness (QED) is 0.789. The second-order valence-corrected chi connectivity index (χ2v) is 4.41. The van der Waals surface area contributed by atoms with Gasteiger partial charge < -0.3 is 0 Å². The first-order valence-corrected chi connectivity index (χ1v) is 5.57. The van der Waals surface area contributed by atoms with Crippen LogP contribution in [0.1, 0.15) is 0 Å². The largest absolute Gasteiger partial charge is 0.284 e. The minimum absolute atomic E-state index is 0.523. The number of anilines is 1. The number of halogens is 1. The van der Waals surface area contributed by atoms with Crippen LogP contribution in [-0.4, -0.2) is 14.7 Å². The minimum atomic E-state index is -3.48. The highest BCUT2D eigenvalue weighted by Crippen LogP contribution is 2.13. The van der Waals surface area contributed by atoms with E-state index in [2.05, 4.69) is 9.76 Å². The molecule has 4 nitrogen and oxygen atoms in total. The molecule has 72 valence electrons. The lowest BCUT2D eigenvalue weighted by Crippen LogP contribution is -2.08. The molecule has 1 N–H and O–H groups in total. The lowest BCUT2D eigenvalue weighted by molar-refractivity contribution is 0.396.